The number of nitrogens with zero attached hydrogens (tertiary/aromatic N) is 3. The maximum Gasteiger partial charge on any atom is 0.574 e. The summed E-state index contributed by atoms with van der Waals surface area (Å²) in [6.45, 7) is 1.67. The van der Waals surface area contributed by atoms with E-state index in [2.05, 4.69) is 14.7 Å². The minimum Gasteiger partial charge on any atom is -0.388 e. The smallest absolute Gasteiger partial charge is 0.388 e. The number of rotatable bonds is 1. The molecule has 0 aliphatic rings. The Morgan fingerprint density at radius 3 is 2.73 bits per heavy atom. The second-order valence-electron chi connectivity index (χ2n) is 2.90. The van der Waals surface area contributed by atoms with Gasteiger partial charge in [0.15, 0.2) is 5.65 Å². The molecule has 0 radical (unpaired) electrons. The van der Waals surface area contributed by atoms with E-state index in [0.29, 0.717) is 11.3 Å². The molecule has 0 N–H and O–H groups in total. The molecule has 0 bridgehead atoms. The lowest BCUT2D eigenvalue weighted by Crippen LogP contribution is -2.18. The van der Waals surface area contributed by atoms with Crippen LogP contribution >= 0.6 is 0 Å². The van der Waals surface area contributed by atoms with Gasteiger partial charge in [-0.25, -0.2) is 4.98 Å². The van der Waals surface area contributed by atoms with E-state index < -0.39 is 12.2 Å². The molecule has 0 saturated carbocycles. The summed E-state index contributed by atoms with van der Waals surface area (Å²) in [7, 11) is 0. The van der Waals surface area contributed by atoms with Gasteiger partial charge in [-0.15, -0.1) is 13.2 Å². The molecular formula is C8H6F3N3O. The van der Waals surface area contributed by atoms with Gasteiger partial charge in [-0.05, 0) is 6.92 Å². The van der Waals surface area contributed by atoms with Crippen LogP contribution in [-0.4, -0.2) is 20.7 Å². The molecule has 0 amide bonds. The van der Waals surface area contributed by atoms with Crippen molar-refractivity contribution in [2.24, 2.45) is 0 Å². The Bertz CT molecular complexity index is 491. The standard InChI is InChI=1S/C8H6F3N3O/c1-5-4-14-6(13-5)2-12-3-7(14)15-8(9,10)11/h2-4H,1H3. The Labute approximate surface area is 82.3 Å². The molecule has 0 saturated heterocycles. The first-order chi connectivity index (χ1) is 6.96. The second kappa shape index (κ2) is 3.11. The summed E-state index contributed by atoms with van der Waals surface area (Å²) in [5, 5.41) is 0. The lowest BCUT2D eigenvalue weighted by molar-refractivity contribution is -0.276. The van der Waals surface area contributed by atoms with Gasteiger partial charge in [-0.1, -0.05) is 0 Å². The highest BCUT2D eigenvalue weighted by Gasteiger charge is 2.32. The van der Waals surface area contributed by atoms with Crippen molar-refractivity contribution < 1.29 is 17.9 Å². The van der Waals surface area contributed by atoms with Gasteiger partial charge in [-0.2, -0.15) is 0 Å². The molecule has 0 aliphatic heterocycles. The zero-order chi connectivity index (χ0) is 11.1. The highest BCUT2D eigenvalue weighted by molar-refractivity contribution is 5.40. The molecule has 80 valence electrons. The predicted octanol–water partition coefficient (Wildman–Crippen LogP) is 1.94. The normalized spacial score (nSPS) is 12.0. The Hall–Kier alpha value is -1.79. The van der Waals surface area contributed by atoms with Gasteiger partial charge in [0, 0.05) is 6.20 Å². The van der Waals surface area contributed by atoms with Crippen LogP contribution in [0, 0.1) is 6.92 Å². The summed E-state index contributed by atoms with van der Waals surface area (Å²) in [5.41, 5.74) is 0.907. The first-order valence-electron chi connectivity index (χ1n) is 4.01. The molecule has 2 aromatic rings. The van der Waals surface area contributed by atoms with E-state index in [0.717, 1.165) is 6.20 Å². The average molecular weight is 217 g/mol. The van der Waals surface area contributed by atoms with E-state index >= 15 is 0 Å². The zero-order valence-electron chi connectivity index (χ0n) is 7.62. The number of ether oxygens (including phenoxy) is 1. The van der Waals surface area contributed by atoms with Crippen molar-refractivity contribution in [3.63, 3.8) is 0 Å². The summed E-state index contributed by atoms with van der Waals surface area (Å²) in [4.78, 5) is 7.56. The molecule has 0 atom stereocenters. The number of halogens is 3. The number of hydrogen-bond donors (Lipinski definition) is 0. The molecule has 0 spiro atoms. The minimum atomic E-state index is -4.73. The molecule has 15 heavy (non-hydrogen) atoms. The summed E-state index contributed by atoms with van der Waals surface area (Å²) < 4.78 is 41.0. The van der Waals surface area contributed by atoms with E-state index in [1.807, 2.05) is 0 Å². The number of hydrogen-bond acceptors (Lipinski definition) is 3. The number of aromatic nitrogens is 3. The van der Waals surface area contributed by atoms with Crippen LogP contribution in [0.15, 0.2) is 18.6 Å². The molecule has 2 heterocycles. The van der Waals surface area contributed by atoms with E-state index in [1.54, 1.807) is 6.92 Å². The maximum absolute atomic E-state index is 12.0. The number of aryl methyl sites for hydroxylation is 1. The van der Waals surface area contributed by atoms with Crippen LogP contribution in [-0.2, 0) is 0 Å². The molecule has 0 unspecified atom stereocenters. The molecule has 0 fully saturated rings. The predicted molar refractivity (Wildman–Crippen MR) is 44.4 cm³/mol. The van der Waals surface area contributed by atoms with Crippen LogP contribution in [0.1, 0.15) is 5.69 Å². The van der Waals surface area contributed by atoms with Crippen LogP contribution in [0.5, 0.6) is 5.88 Å². The lowest BCUT2D eigenvalue weighted by atomic mass is 10.6. The molecule has 7 heteroatoms. The maximum atomic E-state index is 12.0. The Balaban J connectivity index is 2.51. The first kappa shape index (κ1) is 9.75. The Morgan fingerprint density at radius 2 is 2.07 bits per heavy atom. The number of alkyl halides is 3. The van der Waals surface area contributed by atoms with Crippen molar-refractivity contribution in [3.05, 3.63) is 24.3 Å². The van der Waals surface area contributed by atoms with Crippen molar-refractivity contribution in [2.75, 3.05) is 0 Å². The topological polar surface area (TPSA) is 39.4 Å². The fourth-order valence-corrected chi connectivity index (χ4v) is 1.21. The van der Waals surface area contributed by atoms with Gasteiger partial charge >= 0.3 is 6.36 Å². The SMILES string of the molecule is Cc1cn2c(OC(F)(F)F)cncc2n1. The van der Waals surface area contributed by atoms with Gasteiger partial charge in [-0.3, -0.25) is 9.38 Å². The van der Waals surface area contributed by atoms with Gasteiger partial charge in [0.05, 0.1) is 18.1 Å². The summed E-state index contributed by atoms with van der Waals surface area (Å²) in [6, 6.07) is 0. The summed E-state index contributed by atoms with van der Waals surface area (Å²) >= 11 is 0. The third-order valence-corrected chi connectivity index (χ3v) is 1.69. The van der Waals surface area contributed by atoms with E-state index in [1.165, 1.54) is 16.8 Å². The van der Waals surface area contributed by atoms with E-state index in [4.69, 9.17) is 0 Å². The lowest BCUT2D eigenvalue weighted by Gasteiger charge is -2.09. The van der Waals surface area contributed by atoms with Gasteiger partial charge in [0.1, 0.15) is 0 Å². The van der Waals surface area contributed by atoms with Crippen LogP contribution in [0.3, 0.4) is 0 Å². The van der Waals surface area contributed by atoms with Crippen LogP contribution in [0.25, 0.3) is 5.65 Å². The van der Waals surface area contributed by atoms with Crippen molar-refractivity contribution in [3.8, 4) is 5.88 Å². The van der Waals surface area contributed by atoms with Crippen molar-refractivity contribution >= 4 is 5.65 Å². The zero-order valence-corrected chi connectivity index (χ0v) is 7.62. The highest BCUT2D eigenvalue weighted by Crippen LogP contribution is 2.22. The molecule has 2 aromatic heterocycles. The summed E-state index contributed by atoms with van der Waals surface area (Å²) in [6.07, 6.45) is -0.940. The van der Waals surface area contributed by atoms with Gasteiger partial charge in [0.25, 0.3) is 0 Å². The number of fused-ring (bicyclic) bond motifs is 1. The van der Waals surface area contributed by atoms with Crippen LogP contribution in [0.2, 0.25) is 0 Å². The Kier molecular flexibility index (Phi) is 2.02. The average Bonchev–Trinajstić information content (AvgIpc) is 2.43. The van der Waals surface area contributed by atoms with Crippen molar-refractivity contribution in [2.45, 2.75) is 13.3 Å². The van der Waals surface area contributed by atoms with Gasteiger partial charge in [0.2, 0.25) is 5.88 Å². The minimum absolute atomic E-state index is 0.314. The monoisotopic (exact) mass is 217 g/mol. The van der Waals surface area contributed by atoms with E-state index in [9.17, 15) is 13.2 Å². The molecule has 0 aromatic carbocycles. The Morgan fingerprint density at radius 1 is 1.33 bits per heavy atom. The van der Waals surface area contributed by atoms with E-state index in [-0.39, 0.29) is 0 Å². The second-order valence-corrected chi connectivity index (χ2v) is 2.90. The highest BCUT2D eigenvalue weighted by atomic mass is 19.4. The largest absolute Gasteiger partial charge is 0.574 e. The molecular weight excluding hydrogens is 211 g/mol. The first-order valence-corrected chi connectivity index (χ1v) is 4.01. The molecule has 0 aliphatic carbocycles. The number of imidazole rings is 1. The quantitative estimate of drug-likeness (QED) is 0.732. The third-order valence-electron chi connectivity index (χ3n) is 1.69. The van der Waals surface area contributed by atoms with Crippen molar-refractivity contribution in [1.29, 1.82) is 0 Å². The fraction of sp³-hybridized carbons (Fsp3) is 0.250. The fourth-order valence-electron chi connectivity index (χ4n) is 1.21. The molecule has 2 rings (SSSR count). The third kappa shape index (κ3) is 2.00. The van der Waals surface area contributed by atoms with Crippen LogP contribution < -0.4 is 4.74 Å². The summed E-state index contributed by atoms with van der Waals surface area (Å²) in [5.74, 6) is -0.402. The van der Waals surface area contributed by atoms with Crippen LogP contribution in [0.4, 0.5) is 13.2 Å². The molecule has 4 nitrogen and oxygen atoms in total. The van der Waals surface area contributed by atoms with Gasteiger partial charge < -0.3 is 4.74 Å². The van der Waals surface area contributed by atoms with Crippen molar-refractivity contribution in [1.82, 2.24) is 14.4 Å².